The summed E-state index contributed by atoms with van der Waals surface area (Å²) in [6.07, 6.45) is 3.22. The highest BCUT2D eigenvalue weighted by atomic mass is 19.1. The summed E-state index contributed by atoms with van der Waals surface area (Å²) < 4.78 is 12.9. The van der Waals surface area contributed by atoms with E-state index in [4.69, 9.17) is 0 Å². The predicted octanol–water partition coefficient (Wildman–Crippen LogP) is 3.39. The van der Waals surface area contributed by atoms with E-state index < -0.39 is 0 Å². The second-order valence-corrected chi connectivity index (χ2v) is 4.14. The Balaban J connectivity index is 2.33. The van der Waals surface area contributed by atoms with E-state index in [0.717, 1.165) is 12.8 Å². The van der Waals surface area contributed by atoms with Gasteiger partial charge in [0.25, 0.3) is 0 Å². The zero-order valence-electron chi connectivity index (χ0n) is 8.02. The zero-order valence-corrected chi connectivity index (χ0v) is 8.02. The largest absolute Gasteiger partial charge is 0.250 e. The van der Waals surface area contributed by atoms with Gasteiger partial charge in [0, 0.05) is 5.41 Å². The molecule has 0 radical (unpaired) electrons. The van der Waals surface area contributed by atoms with Crippen LogP contribution in [0, 0.1) is 6.92 Å². The van der Waals surface area contributed by atoms with Gasteiger partial charge in [-0.25, -0.2) is 0 Å². The standard InChI is InChI=1S/C12H15F/c1-10-4-2-5-11(8-10)12(9-13)6-3-7-12/h2,4-5,8H,3,6-7,9H2,1H3. The van der Waals surface area contributed by atoms with Crippen LogP contribution in [-0.2, 0) is 5.41 Å². The van der Waals surface area contributed by atoms with Crippen molar-refractivity contribution >= 4 is 0 Å². The predicted molar refractivity (Wildman–Crippen MR) is 52.7 cm³/mol. The average Bonchev–Trinajstić information content (AvgIpc) is 2.03. The molecule has 0 aliphatic heterocycles. The maximum atomic E-state index is 12.9. The molecule has 0 atom stereocenters. The van der Waals surface area contributed by atoms with Gasteiger partial charge in [-0.1, -0.05) is 36.2 Å². The number of hydrogen-bond donors (Lipinski definition) is 0. The van der Waals surface area contributed by atoms with Gasteiger partial charge < -0.3 is 0 Å². The molecular weight excluding hydrogens is 163 g/mol. The Morgan fingerprint density at radius 2 is 2.15 bits per heavy atom. The molecule has 0 amide bonds. The summed E-state index contributed by atoms with van der Waals surface area (Å²) in [5.41, 5.74) is 2.31. The summed E-state index contributed by atoms with van der Waals surface area (Å²) in [4.78, 5) is 0. The molecule has 0 heterocycles. The van der Waals surface area contributed by atoms with Crippen molar-refractivity contribution in [1.82, 2.24) is 0 Å². The molecular formula is C12H15F. The van der Waals surface area contributed by atoms with Gasteiger partial charge in [0.15, 0.2) is 0 Å². The third-order valence-electron chi connectivity index (χ3n) is 3.20. The van der Waals surface area contributed by atoms with Crippen LogP contribution in [0.1, 0.15) is 30.4 Å². The topological polar surface area (TPSA) is 0 Å². The SMILES string of the molecule is Cc1cccc(C2(CF)CCC2)c1. The fraction of sp³-hybridized carbons (Fsp3) is 0.500. The van der Waals surface area contributed by atoms with Crippen molar-refractivity contribution < 1.29 is 4.39 Å². The Bertz CT molecular complexity index is 294. The molecule has 2 rings (SSSR count). The van der Waals surface area contributed by atoms with Crippen molar-refractivity contribution in [3.05, 3.63) is 35.4 Å². The van der Waals surface area contributed by atoms with Crippen molar-refractivity contribution in [2.24, 2.45) is 0 Å². The first-order chi connectivity index (χ1) is 6.27. The molecule has 0 spiro atoms. The van der Waals surface area contributed by atoms with E-state index >= 15 is 0 Å². The number of halogens is 1. The van der Waals surface area contributed by atoms with E-state index in [1.165, 1.54) is 17.5 Å². The van der Waals surface area contributed by atoms with Crippen LogP contribution < -0.4 is 0 Å². The minimum absolute atomic E-state index is 0.119. The highest BCUT2D eigenvalue weighted by Gasteiger charge is 2.38. The molecule has 0 saturated heterocycles. The minimum atomic E-state index is -0.198. The van der Waals surface area contributed by atoms with Gasteiger partial charge in [0.05, 0.1) is 6.67 Å². The van der Waals surface area contributed by atoms with Crippen LogP contribution in [0.3, 0.4) is 0 Å². The molecule has 1 saturated carbocycles. The highest BCUT2D eigenvalue weighted by molar-refractivity contribution is 5.31. The highest BCUT2D eigenvalue weighted by Crippen LogP contribution is 2.44. The van der Waals surface area contributed by atoms with Gasteiger partial charge in [-0.3, -0.25) is 4.39 Å². The lowest BCUT2D eigenvalue weighted by molar-refractivity contribution is 0.184. The fourth-order valence-electron chi connectivity index (χ4n) is 2.08. The molecule has 0 bridgehead atoms. The molecule has 0 N–H and O–H groups in total. The van der Waals surface area contributed by atoms with Crippen LogP contribution in [0.15, 0.2) is 24.3 Å². The smallest absolute Gasteiger partial charge is 0.0990 e. The van der Waals surface area contributed by atoms with Gasteiger partial charge in [0.1, 0.15) is 0 Å². The van der Waals surface area contributed by atoms with E-state index in [9.17, 15) is 4.39 Å². The third kappa shape index (κ3) is 1.37. The van der Waals surface area contributed by atoms with Crippen LogP contribution in [0.2, 0.25) is 0 Å². The third-order valence-corrected chi connectivity index (χ3v) is 3.20. The summed E-state index contributed by atoms with van der Waals surface area (Å²) in [7, 11) is 0. The molecule has 1 aliphatic rings. The summed E-state index contributed by atoms with van der Waals surface area (Å²) in [5.74, 6) is 0. The Morgan fingerprint density at radius 1 is 1.38 bits per heavy atom. The first-order valence-electron chi connectivity index (χ1n) is 4.90. The molecule has 0 aromatic heterocycles. The van der Waals surface area contributed by atoms with E-state index in [1.54, 1.807) is 0 Å². The molecule has 1 aliphatic carbocycles. The summed E-state index contributed by atoms with van der Waals surface area (Å²) in [6, 6.07) is 8.28. The van der Waals surface area contributed by atoms with Crippen molar-refractivity contribution in [3.63, 3.8) is 0 Å². The molecule has 0 nitrogen and oxygen atoms in total. The van der Waals surface area contributed by atoms with Crippen molar-refractivity contribution in [2.45, 2.75) is 31.6 Å². The quantitative estimate of drug-likeness (QED) is 0.651. The Labute approximate surface area is 78.8 Å². The second kappa shape index (κ2) is 3.13. The lowest BCUT2D eigenvalue weighted by Gasteiger charge is -2.40. The number of rotatable bonds is 2. The molecule has 13 heavy (non-hydrogen) atoms. The van der Waals surface area contributed by atoms with Crippen LogP contribution in [0.4, 0.5) is 4.39 Å². The molecule has 70 valence electrons. The van der Waals surface area contributed by atoms with E-state index in [-0.39, 0.29) is 12.1 Å². The maximum Gasteiger partial charge on any atom is 0.0990 e. The monoisotopic (exact) mass is 178 g/mol. The van der Waals surface area contributed by atoms with Crippen molar-refractivity contribution in [3.8, 4) is 0 Å². The summed E-state index contributed by atoms with van der Waals surface area (Å²) in [6.45, 7) is 1.87. The Hall–Kier alpha value is -0.850. The maximum absolute atomic E-state index is 12.9. The lowest BCUT2D eigenvalue weighted by Crippen LogP contribution is -2.36. The van der Waals surface area contributed by atoms with Crippen molar-refractivity contribution in [2.75, 3.05) is 6.67 Å². The van der Waals surface area contributed by atoms with E-state index in [0.29, 0.717) is 0 Å². The molecule has 1 heteroatoms. The van der Waals surface area contributed by atoms with Gasteiger partial charge in [-0.15, -0.1) is 0 Å². The Kier molecular flexibility index (Phi) is 2.10. The van der Waals surface area contributed by atoms with Gasteiger partial charge >= 0.3 is 0 Å². The number of alkyl halides is 1. The van der Waals surface area contributed by atoms with Gasteiger partial charge in [0.2, 0.25) is 0 Å². The van der Waals surface area contributed by atoms with E-state index in [2.05, 4.69) is 25.1 Å². The average molecular weight is 178 g/mol. The summed E-state index contributed by atoms with van der Waals surface area (Å²) >= 11 is 0. The molecule has 1 aromatic rings. The normalized spacial score (nSPS) is 19.5. The summed E-state index contributed by atoms with van der Waals surface area (Å²) in [5, 5.41) is 0. The molecule has 1 aromatic carbocycles. The van der Waals surface area contributed by atoms with Crippen LogP contribution in [0.5, 0.6) is 0 Å². The first kappa shape index (κ1) is 8.74. The number of aryl methyl sites for hydroxylation is 1. The number of benzene rings is 1. The zero-order chi connectivity index (χ0) is 9.31. The van der Waals surface area contributed by atoms with Crippen molar-refractivity contribution in [1.29, 1.82) is 0 Å². The first-order valence-corrected chi connectivity index (χ1v) is 4.90. The van der Waals surface area contributed by atoms with Crippen LogP contribution in [0.25, 0.3) is 0 Å². The molecule has 1 fully saturated rings. The second-order valence-electron chi connectivity index (χ2n) is 4.14. The number of hydrogen-bond acceptors (Lipinski definition) is 0. The van der Waals surface area contributed by atoms with Crippen LogP contribution in [-0.4, -0.2) is 6.67 Å². The van der Waals surface area contributed by atoms with E-state index in [1.807, 2.05) is 6.07 Å². The van der Waals surface area contributed by atoms with Gasteiger partial charge in [-0.05, 0) is 25.3 Å². The lowest BCUT2D eigenvalue weighted by atomic mass is 9.65. The minimum Gasteiger partial charge on any atom is -0.250 e. The molecule has 0 unspecified atom stereocenters. The van der Waals surface area contributed by atoms with Crippen LogP contribution >= 0.6 is 0 Å². The van der Waals surface area contributed by atoms with Gasteiger partial charge in [-0.2, -0.15) is 0 Å². The Morgan fingerprint density at radius 3 is 2.62 bits per heavy atom. The fourth-order valence-corrected chi connectivity index (χ4v) is 2.08.